The number of piperazine rings is 1. The van der Waals surface area contributed by atoms with E-state index >= 15 is 0 Å². The molecule has 28 heavy (non-hydrogen) atoms. The summed E-state index contributed by atoms with van der Waals surface area (Å²) < 4.78 is 5.61. The van der Waals surface area contributed by atoms with Crippen molar-refractivity contribution in [2.75, 3.05) is 37.6 Å². The zero-order chi connectivity index (χ0) is 19.3. The molecule has 0 aromatic carbocycles. The van der Waals surface area contributed by atoms with Gasteiger partial charge in [-0.2, -0.15) is 0 Å². The summed E-state index contributed by atoms with van der Waals surface area (Å²) in [5.74, 6) is 0.393. The van der Waals surface area contributed by atoms with Crippen molar-refractivity contribution in [3.63, 3.8) is 0 Å². The number of hydrogen-bond acceptors (Lipinski definition) is 6. The van der Waals surface area contributed by atoms with Gasteiger partial charge in [0.05, 0.1) is 18.4 Å². The number of furan rings is 1. The summed E-state index contributed by atoms with van der Waals surface area (Å²) in [6, 6.07) is 2.31. The first-order chi connectivity index (χ1) is 13.6. The third-order valence-corrected chi connectivity index (χ3v) is 6.53. The van der Waals surface area contributed by atoms with E-state index in [9.17, 15) is 9.59 Å². The molecule has 2 bridgehead atoms. The molecule has 148 valence electrons. The quantitative estimate of drug-likeness (QED) is 0.821. The number of nitrogens with zero attached hydrogens (tertiary/aromatic N) is 3. The lowest BCUT2D eigenvalue weighted by atomic mass is 9.79. The number of pyridine rings is 1. The molecule has 2 aromatic heterocycles. The van der Waals surface area contributed by atoms with Crippen LogP contribution >= 0.6 is 0 Å². The summed E-state index contributed by atoms with van der Waals surface area (Å²) in [7, 11) is 0. The minimum atomic E-state index is -0.143. The number of carbonyl (C=O) groups excluding carboxylic acids is 2. The Morgan fingerprint density at radius 2 is 2.14 bits per heavy atom. The molecule has 0 saturated carbocycles. The van der Waals surface area contributed by atoms with Crippen LogP contribution in [0.3, 0.4) is 0 Å². The fourth-order valence-electron chi connectivity index (χ4n) is 4.90. The van der Waals surface area contributed by atoms with E-state index in [2.05, 4.69) is 27.4 Å². The van der Waals surface area contributed by atoms with Crippen molar-refractivity contribution < 1.29 is 14.0 Å². The van der Waals surface area contributed by atoms with E-state index in [0.717, 1.165) is 37.0 Å². The number of hydrogen-bond donors (Lipinski definition) is 2. The van der Waals surface area contributed by atoms with Crippen molar-refractivity contribution in [2.45, 2.75) is 31.8 Å². The molecule has 8 nitrogen and oxygen atoms in total. The molecule has 4 saturated heterocycles. The molecular formula is C20H25N5O3. The molecule has 2 atom stereocenters. The van der Waals surface area contributed by atoms with Crippen LogP contribution in [-0.4, -0.2) is 66.5 Å². The lowest BCUT2D eigenvalue weighted by Crippen LogP contribution is -2.62. The average molecular weight is 383 g/mol. The summed E-state index contributed by atoms with van der Waals surface area (Å²) >= 11 is 0. The van der Waals surface area contributed by atoms with Crippen LogP contribution in [-0.2, 0) is 4.79 Å². The van der Waals surface area contributed by atoms with Crippen molar-refractivity contribution in [3.8, 4) is 0 Å². The van der Waals surface area contributed by atoms with E-state index in [1.807, 2.05) is 4.90 Å². The first-order valence-corrected chi connectivity index (χ1v) is 10.0. The standard InChI is InChI=1S/C20H25N5O3/c1-12-19(13-2-5-24(12)6-3-13)23-20(27)15-8-14-16(11-28-17(14)9-22-15)25-7-4-21-18(26)10-25/h8-9,11-13,19H,2-7,10H2,1H3,(H,21,26)(H,23,27)/t12-,19-/m0/s1. The minimum absolute atomic E-state index is 0.0102. The van der Waals surface area contributed by atoms with E-state index in [1.165, 1.54) is 0 Å². The molecule has 2 N–H and O–H groups in total. The Kier molecular flexibility index (Phi) is 4.23. The smallest absolute Gasteiger partial charge is 0.270 e. The maximum absolute atomic E-state index is 12.9. The second-order valence-corrected chi connectivity index (χ2v) is 8.07. The molecule has 0 unspecified atom stereocenters. The molecular weight excluding hydrogens is 358 g/mol. The largest absolute Gasteiger partial charge is 0.460 e. The number of amides is 2. The molecule has 0 spiro atoms. The number of carbonyl (C=O) groups is 2. The summed E-state index contributed by atoms with van der Waals surface area (Å²) in [5.41, 5.74) is 1.84. The maximum Gasteiger partial charge on any atom is 0.270 e. The minimum Gasteiger partial charge on any atom is -0.460 e. The van der Waals surface area contributed by atoms with Gasteiger partial charge in [-0.15, -0.1) is 0 Å². The molecule has 0 radical (unpaired) electrons. The van der Waals surface area contributed by atoms with Gasteiger partial charge in [-0.3, -0.25) is 14.5 Å². The van der Waals surface area contributed by atoms with Crippen molar-refractivity contribution in [1.29, 1.82) is 0 Å². The van der Waals surface area contributed by atoms with E-state index in [0.29, 0.717) is 36.3 Å². The monoisotopic (exact) mass is 383 g/mol. The Hall–Kier alpha value is -2.61. The van der Waals surface area contributed by atoms with Crippen LogP contribution in [0.15, 0.2) is 22.9 Å². The Bertz CT molecular complexity index is 916. The molecule has 4 fully saturated rings. The van der Waals surface area contributed by atoms with Crippen LogP contribution < -0.4 is 15.5 Å². The summed E-state index contributed by atoms with van der Waals surface area (Å²) in [4.78, 5) is 33.4. The fraction of sp³-hybridized carbons (Fsp3) is 0.550. The topological polar surface area (TPSA) is 90.7 Å². The van der Waals surface area contributed by atoms with Crippen molar-refractivity contribution in [2.24, 2.45) is 5.92 Å². The zero-order valence-corrected chi connectivity index (χ0v) is 16.0. The van der Waals surface area contributed by atoms with Crippen LogP contribution in [0, 0.1) is 5.92 Å². The number of rotatable bonds is 3. The molecule has 0 aliphatic carbocycles. The van der Waals surface area contributed by atoms with Gasteiger partial charge < -0.3 is 20.0 Å². The normalized spacial score (nSPS) is 29.8. The van der Waals surface area contributed by atoms with Gasteiger partial charge in [-0.1, -0.05) is 0 Å². The molecule has 6 rings (SSSR count). The molecule has 2 aromatic rings. The van der Waals surface area contributed by atoms with Crippen LogP contribution in [0.2, 0.25) is 0 Å². The number of nitrogens with one attached hydrogen (secondary N) is 2. The number of fused-ring (bicyclic) bond motifs is 4. The predicted octanol–water partition coefficient (Wildman–Crippen LogP) is 0.977. The summed E-state index contributed by atoms with van der Waals surface area (Å²) in [5, 5.41) is 6.87. The van der Waals surface area contributed by atoms with E-state index in [-0.39, 0.29) is 24.4 Å². The van der Waals surface area contributed by atoms with Gasteiger partial charge in [0.25, 0.3) is 5.91 Å². The lowest BCUT2D eigenvalue weighted by Gasteiger charge is -2.49. The first kappa shape index (κ1) is 17.5. The van der Waals surface area contributed by atoms with E-state index in [4.69, 9.17) is 4.42 Å². The zero-order valence-electron chi connectivity index (χ0n) is 16.0. The van der Waals surface area contributed by atoms with Gasteiger partial charge in [0.15, 0.2) is 5.58 Å². The van der Waals surface area contributed by atoms with E-state index < -0.39 is 0 Å². The highest BCUT2D eigenvalue weighted by Gasteiger charge is 2.40. The Morgan fingerprint density at radius 3 is 2.89 bits per heavy atom. The molecule has 8 heteroatoms. The molecule has 4 aliphatic heterocycles. The maximum atomic E-state index is 12.9. The van der Waals surface area contributed by atoms with Gasteiger partial charge in [-0.25, -0.2) is 4.98 Å². The summed E-state index contributed by atoms with van der Waals surface area (Å²) in [6.07, 6.45) is 5.52. The number of piperidine rings is 3. The van der Waals surface area contributed by atoms with Gasteiger partial charge in [-0.05, 0) is 44.8 Å². The molecule has 4 aliphatic rings. The summed E-state index contributed by atoms with van der Waals surface area (Å²) in [6.45, 7) is 6.05. The van der Waals surface area contributed by atoms with Crippen LogP contribution in [0.1, 0.15) is 30.3 Å². The molecule has 2 amide bonds. The highest BCUT2D eigenvalue weighted by atomic mass is 16.3. The van der Waals surface area contributed by atoms with E-state index in [1.54, 1.807) is 18.5 Å². The van der Waals surface area contributed by atoms with Crippen LogP contribution in [0.5, 0.6) is 0 Å². The second kappa shape index (κ2) is 6.77. The third kappa shape index (κ3) is 2.92. The predicted molar refractivity (Wildman–Crippen MR) is 104 cm³/mol. The van der Waals surface area contributed by atoms with Crippen LogP contribution in [0.4, 0.5) is 5.69 Å². The van der Waals surface area contributed by atoms with Gasteiger partial charge in [0.2, 0.25) is 5.91 Å². The highest BCUT2D eigenvalue weighted by Crippen LogP contribution is 2.33. The van der Waals surface area contributed by atoms with Crippen molar-refractivity contribution in [3.05, 3.63) is 24.2 Å². The Morgan fingerprint density at radius 1 is 1.32 bits per heavy atom. The third-order valence-electron chi connectivity index (χ3n) is 6.53. The highest BCUT2D eigenvalue weighted by molar-refractivity contribution is 6.00. The van der Waals surface area contributed by atoms with Crippen LogP contribution in [0.25, 0.3) is 11.0 Å². The van der Waals surface area contributed by atoms with Gasteiger partial charge >= 0.3 is 0 Å². The Balaban J connectivity index is 1.39. The number of anilines is 1. The SMILES string of the molecule is C[C@H]1[C@H](NC(=O)c2cc3c(N4CCNC(=O)C4)coc3cn2)C2CCN1CC2. The Labute approximate surface area is 163 Å². The van der Waals surface area contributed by atoms with Crippen molar-refractivity contribution >= 4 is 28.5 Å². The average Bonchev–Trinajstić information content (AvgIpc) is 3.14. The lowest BCUT2D eigenvalue weighted by molar-refractivity contribution is -0.120. The second-order valence-electron chi connectivity index (χ2n) is 8.07. The van der Waals surface area contributed by atoms with Crippen molar-refractivity contribution in [1.82, 2.24) is 20.5 Å². The number of aromatic nitrogens is 1. The fourth-order valence-corrected chi connectivity index (χ4v) is 4.90. The molecule has 6 heterocycles. The van der Waals surface area contributed by atoms with Gasteiger partial charge in [0.1, 0.15) is 12.0 Å². The van der Waals surface area contributed by atoms with Gasteiger partial charge in [0, 0.05) is 30.6 Å². The first-order valence-electron chi connectivity index (χ1n) is 10.0.